The van der Waals surface area contributed by atoms with Gasteiger partial charge in [-0.1, -0.05) is 18.7 Å². The Morgan fingerprint density at radius 3 is 2.71 bits per heavy atom. The van der Waals surface area contributed by atoms with Crippen molar-refractivity contribution in [2.45, 2.75) is 32.3 Å². The second-order valence-electron chi connectivity index (χ2n) is 4.04. The third-order valence-corrected chi connectivity index (χ3v) is 3.78. The van der Waals surface area contributed by atoms with E-state index in [1.807, 2.05) is 31.5 Å². The van der Waals surface area contributed by atoms with Gasteiger partial charge in [0.05, 0.1) is 5.56 Å². The molecule has 2 heterocycles. The molecular formula is C12H17N3OS. The number of furan rings is 1. The van der Waals surface area contributed by atoms with Crippen LogP contribution in [0.5, 0.6) is 0 Å². The summed E-state index contributed by atoms with van der Waals surface area (Å²) in [5.74, 6) is 3.74. The van der Waals surface area contributed by atoms with Crippen LogP contribution in [0.15, 0.2) is 15.6 Å². The van der Waals surface area contributed by atoms with Crippen molar-refractivity contribution < 1.29 is 4.42 Å². The largest absolute Gasteiger partial charge is 0.466 e. The molecule has 0 amide bonds. The third kappa shape index (κ3) is 2.39. The predicted molar refractivity (Wildman–Crippen MR) is 69.2 cm³/mol. The minimum Gasteiger partial charge on any atom is -0.466 e. The molecule has 0 saturated heterocycles. The Labute approximate surface area is 105 Å². The molecule has 0 bridgehead atoms. The highest BCUT2D eigenvalue weighted by Gasteiger charge is 2.15. The molecule has 0 aliphatic heterocycles. The van der Waals surface area contributed by atoms with Gasteiger partial charge in [-0.15, -0.1) is 10.2 Å². The third-order valence-electron chi connectivity index (χ3n) is 2.55. The van der Waals surface area contributed by atoms with E-state index in [0.717, 1.165) is 40.2 Å². The SMILES string of the molecule is CCCSc1nnc(-c2cc(C)oc2C)n1C. The molecule has 0 radical (unpaired) electrons. The van der Waals surface area contributed by atoms with Crippen LogP contribution in [0.1, 0.15) is 24.9 Å². The normalized spacial score (nSPS) is 11.1. The molecule has 0 aliphatic carbocycles. The van der Waals surface area contributed by atoms with Crippen LogP contribution in [0.25, 0.3) is 11.4 Å². The fourth-order valence-corrected chi connectivity index (χ4v) is 2.49. The number of hydrogen-bond donors (Lipinski definition) is 0. The minimum absolute atomic E-state index is 0.873. The summed E-state index contributed by atoms with van der Waals surface area (Å²) in [7, 11) is 2.00. The summed E-state index contributed by atoms with van der Waals surface area (Å²) in [6.07, 6.45) is 1.14. The number of aryl methyl sites for hydroxylation is 2. The molecular weight excluding hydrogens is 234 g/mol. The quantitative estimate of drug-likeness (QED) is 0.783. The van der Waals surface area contributed by atoms with E-state index in [0.29, 0.717) is 0 Å². The van der Waals surface area contributed by atoms with Gasteiger partial charge in [0.15, 0.2) is 11.0 Å². The lowest BCUT2D eigenvalue weighted by Gasteiger charge is -2.01. The number of nitrogens with zero attached hydrogens (tertiary/aromatic N) is 3. The van der Waals surface area contributed by atoms with Gasteiger partial charge in [0.2, 0.25) is 0 Å². The van der Waals surface area contributed by atoms with Crippen LogP contribution < -0.4 is 0 Å². The first-order valence-electron chi connectivity index (χ1n) is 5.73. The van der Waals surface area contributed by atoms with Crippen molar-refractivity contribution in [2.75, 3.05) is 5.75 Å². The highest BCUT2D eigenvalue weighted by molar-refractivity contribution is 7.99. The Morgan fingerprint density at radius 2 is 2.12 bits per heavy atom. The van der Waals surface area contributed by atoms with Crippen molar-refractivity contribution in [3.05, 3.63) is 17.6 Å². The number of aromatic nitrogens is 3. The first kappa shape index (κ1) is 12.2. The molecule has 0 aromatic carbocycles. The maximum atomic E-state index is 5.53. The smallest absolute Gasteiger partial charge is 0.191 e. The lowest BCUT2D eigenvalue weighted by atomic mass is 10.2. The topological polar surface area (TPSA) is 43.9 Å². The van der Waals surface area contributed by atoms with Gasteiger partial charge in [-0.2, -0.15) is 0 Å². The molecule has 5 heteroatoms. The van der Waals surface area contributed by atoms with E-state index in [4.69, 9.17) is 4.42 Å². The van der Waals surface area contributed by atoms with Gasteiger partial charge in [0.1, 0.15) is 11.5 Å². The van der Waals surface area contributed by atoms with E-state index < -0.39 is 0 Å². The second-order valence-corrected chi connectivity index (χ2v) is 5.10. The van der Waals surface area contributed by atoms with Gasteiger partial charge in [-0.25, -0.2) is 0 Å². The lowest BCUT2D eigenvalue weighted by Crippen LogP contribution is -1.95. The minimum atomic E-state index is 0.873. The molecule has 0 spiro atoms. The van der Waals surface area contributed by atoms with Crippen molar-refractivity contribution in [2.24, 2.45) is 7.05 Å². The number of rotatable bonds is 4. The van der Waals surface area contributed by atoms with Crippen LogP contribution in [0.3, 0.4) is 0 Å². The first-order valence-corrected chi connectivity index (χ1v) is 6.71. The molecule has 0 unspecified atom stereocenters. The Hall–Kier alpha value is -1.23. The average molecular weight is 251 g/mol. The highest BCUT2D eigenvalue weighted by atomic mass is 32.2. The van der Waals surface area contributed by atoms with Crippen LogP contribution in [0, 0.1) is 13.8 Å². The van der Waals surface area contributed by atoms with Crippen molar-refractivity contribution in [3.63, 3.8) is 0 Å². The maximum Gasteiger partial charge on any atom is 0.191 e. The fourth-order valence-electron chi connectivity index (χ4n) is 1.72. The summed E-state index contributed by atoms with van der Waals surface area (Å²) in [5, 5.41) is 9.42. The predicted octanol–water partition coefficient (Wildman–Crippen LogP) is 3.19. The van der Waals surface area contributed by atoms with Crippen LogP contribution in [-0.4, -0.2) is 20.5 Å². The Kier molecular flexibility index (Phi) is 3.57. The Bertz CT molecular complexity index is 516. The van der Waals surface area contributed by atoms with Crippen molar-refractivity contribution in [3.8, 4) is 11.4 Å². The van der Waals surface area contributed by atoms with E-state index in [2.05, 4.69) is 17.1 Å². The van der Waals surface area contributed by atoms with Crippen LogP contribution >= 0.6 is 11.8 Å². The molecule has 2 aromatic heterocycles. The van der Waals surface area contributed by atoms with E-state index in [-0.39, 0.29) is 0 Å². The maximum absolute atomic E-state index is 5.53. The van der Waals surface area contributed by atoms with E-state index in [9.17, 15) is 0 Å². The van der Waals surface area contributed by atoms with Crippen molar-refractivity contribution >= 4 is 11.8 Å². The van der Waals surface area contributed by atoms with E-state index in [1.54, 1.807) is 11.8 Å². The molecule has 0 aliphatic rings. The lowest BCUT2D eigenvalue weighted by molar-refractivity contribution is 0.505. The van der Waals surface area contributed by atoms with E-state index >= 15 is 0 Å². The number of hydrogen-bond acceptors (Lipinski definition) is 4. The monoisotopic (exact) mass is 251 g/mol. The molecule has 2 rings (SSSR count). The summed E-state index contributed by atoms with van der Waals surface area (Å²) in [4.78, 5) is 0. The van der Waals surface area contributed by atoms with Crippen molar-refractivity contribution in [1.29, 1.82) is 0 Å². The molecule has 0 fully saturated rings. The first-order chi connectivity index (χ1) is 8.13. The fraction of sp³-hybridized carbons (Fsp3) is 0.500. The summed E-state index contributed by atoms with van der Waals surface area (Å²) in [5.41, 5.74) is 1.03. The molecule has 0 atom stereocenters. The van der Waals surface area contributed by atoms with Crippen LogP contribution in [0.4, 0.5) is 0 Å². The van der Waals surface area contributed by atoms with E-state index in [1.165, 1.54) is 0 Å². The van der Waals surface area contributed by atoms with Crippen LogP contribution in [0.2, 0.25) is 0 Å². The summed E-state index contributed by atoms with van der Waals surface area (Å²) in [6.45, 7) is 6.06. The van der Waals surface area contributed by atoms with Gasteiger partial charge >= 0.3 is 0 Å². The molecule has 92 valence electrons. The molecule has 17 heavy (non-hydrogen) atoms. The van der Waals surface area contributed by atoms with Crippen molar-refractivity contribution in [1.82, 2.24) is 14.8 Å². The van der Waals surface area contributed by atoms with Gasteiger partial charge in [0, 0.05) is 12.8 Å². The summed E-state index contributed by atoms with van der Waals surface area (Å²) < 4.78 is 7.55. The van der Waals surface area contributed by atoms with Gasteiger partial charge < -0.3 is 8.98 Å². The summed E-state index contributed by atoms with van der Waals surface area (Å²) >= 11 is 1.73. The molecule has 0 N–H and O–H groups in total. The van der Waals surface area contributed by atoms with Gasteiger partial charge in [-0.3, -0.25) is 0 Å². The zero-order valence-corrected chi connectivity index (χ0v) is 11.5. The zero-order valence-electron chi connectivity index (χ0n) is 10.6. The Morgan fingerprint density at radius 1 is 1.35 bits per heavy atom. The highest BCUT2D eigenvalue weighted by Crippen LogP contribution is 2.27. The second kappa shape index (κ2) is 4.96. The average Bonchev–Trinajstić information content (AvgIpc) is 2.79. The molecule has 0 saturated carbocycles. The Balaban J connectivity index is 2.34. The van der Waals surface area contributed by atoms with Gasteiger partial charge in [0.25, 0.3) is 0 Å². The van der Waals surface area contributed by atoms with Crippen LogP contribution in [-0.2, 0) is 7.05 Å². The van der Waals surface area contributed by atoms with Gasteiger partial charge in [-0.05, 0) is 26.3 Å². The summed E-state index contributed by atoms with van der Waals surface area (Å²) in [6, 6.07) is 2.01. The standard InChI is InChI=1S/C12H17N3OS/c1-5-6-17-12-14-13-11(15(12)4)10-7-8(2)16-9(10)3/h7H,5-6H2,1-4H3. The molecule has 2 aromatic rings. The zero-order chi connectivity index (χ0) is 12.4. The number of thioether (sulfide) groups is 1. The molecule has 4 nitrogen and oxygen atoms in total.